The van der Waals surface area contributed by atoms with Gasteiger partial charge in [-0.15, -0.1) is 11.3 Å². The minimum Gasteiger partial charge on any atom is -0.351 e. The summed E-state index contributed by atoms with van der Waals surface area (Å²) in [6, 6.07) is 3.60. The Bertz CT molecular complexity index is 513. The van der Waals surface area contributed by atoms with Crippen LogP contribution in [0, 0.1) is 5.92 Å². The van der Waals surface area contributed by atoms with Crippen LogP contribution < -0.4 is 10.6 Å². The molecule has 3 rings (SSSR count). The van der Waals surface area contributed by atoms with Gasteiger partial charge in [0.1, 0.15) is 0 Å². The maximum atomic E-state index is 12.5. The molecule has 1 aromatic rings. The molecule has 2 heterocycles. The monoisotopic (exact) mass is 321 g/mol. The summed E-state index contributed by atoms with van der Waals surface area (Å²) >= 11 is 1.62. The molecule has 22 heavy (non-hydrogen) atoms. The molecule has 1 aliphatic carbocycles. The second kappa shape index (κ2) is 7.24. The Morgan fingerprint density at radius 2 is 2.32 bits per heavy atom. The molecule has 0 aromatic carbocycles. The van der Waals surface area contributed by atoms with Crippen molar-refractivity contribution >= 4 is 23.2 Å². The van der Waals surface area contributed by atoms with Crippen LogP contribution in [0.4, 0.5) is 0 Å². The first-order chi connectivity index (χ1) is 10.7. The zero-order chi connectivity index (χ0) is 15.4. The highest BCUT2D eigenvalue weighted by Gasteiger charge is 2.32. The highest BCUT2D eigenvalue weighted by molar-refractivity contribution is 7.09. The molecule has 2 N–H and O–H groups in total. The van der Waals surface area contributed by atoms with Gasteiger partial charge >= 0.3 is 0 Å². The smallest absolute Gasteiger partial charge is 0.240 e. The lowest BCUT2D eigenvalue weighted by Gasteiger charge is -2.37. The fraction of sp³-hybridized carbons (Fsp3) is 0.625. The fourth-order valence-corrected chi connectivity index (χ4v) is 3.62. The summed E-state index contributed by atoms with van der Waals surface area (Å²) in [4.78, 5) is 27.6. The summed E-state index contributed by atoms with van der Waals surface area (Å²) in [5.74, 6) is 0.699. The minimum absolute atomic E-state index is 0.0651. The molecule has 6 heteroatoms. The normalized spacial score (nSPS) is 22.5. The molecular formula is C16H23N3O2S. The third-order valence-corrected chi connectivity index (χ3v) is 5.39. The largest absolute Gasteiger partial charge is 0.351 e. The van der Waals surface area contributed by atoms with Gasteiger partial charge in [0.15, 0.2) is 0 Å². The molecule has 1 aromatic heterocycles. The van der Waals surface area contributed by atoms with E-state index in [9.17, 15) is 9.59 Å². The summed E-state index contributed by atoms with van der Waals surface area (Å²) in [6.07, 6.45) is 4.00. The van der Waals surface area contributed by atoms with E-state index in [0.717, 1.165) is 24.5 Å². The summed E-state index contributed by atoms with van der Waals surface area (Å²) in [5.41, 5.74) is 0. The van der Waals surface area contributed by atoms with Crippen molar-refractivity contribution in [2.24, 2.45) is 5.92 Å². The van der Waals surface area contributed by atoms with E-state index < -0.39 is 0 Å². The third-order valence-electron chi connectivity index (χ3n) is 4.51. The molecule has 120 valence electrons. The van der Waals surface area contributed by atoms with Crippen molar-refractivity contribution in [2.75, 3.05) is 19.6 Å². The van der Waals surface area contributed by atoms with Crippen molar-refractivity contribution in [2.45, 2.75) is 38.3 Å². The molecule has 2 amide bonds. The van der Waals surface area contributed by atoms with Crippen LogP contribution in [-0.4, -0.2) is 42.4 Å². The minimum atomic E-state index is -0.364. The molecule has 1 saturated heterocycles. The number of piperazine rings is 1. The molecule has 0 bridgehead atoms. The number of rotatable bonds is 6. The van der Waals surface area contributed by atoms with E-state index in [-0.39, 0.29) is 24.3 Å². The van der Waals surface area contributed by atoms with Crippen LogP contribution >= 0.6 is 11.3 Å². The van der Waals surface area contributed by atoms with Crippen LogP contribution in [-0.2, 0) is 16.1 Å². The predicted octanol–water partition coefficient (Wildman–Crippen LogP) is 1.35. The summed E-state index contributed by atoms with van der Waals surface area (Å²) in [6.45, 7) is 2.96. The van der Waals surface area contributed by atoms with Gasteiger partial charge in [0.05, 0.1) is 19.0 Å². The number of amides is 2. The Hall–Kier alpha value is -1.40. The molecular weight excluding hydrogens is 298 g/mol. The first-order valence-electron chi connectivity index (χ1n) is 8.03. The van der Waals surface area contributed by atoms with Crippen molar-refractivity contribution in [3.63, 3.8) is 0 Å². The van der Waals surface area contributed by atoms with Crippen LogP contribution in [0.25, 0.3) is 0 Å². The summed E-state index contributed by atoms with van der Waals surface area (Å²) < 4.78 is 0. The van der Waals surface area contributed by atoms with Crippen LogP contribution in [0.3, 0.4) is 0 Å². The maximum Gasteiger partial charge on any atom is 0.240 e. The van der Waals surface area contributed by atoms with E-state index in [4.69, 9.17) is 0 Å². The van der Waals surface area contributed by atoms with Crippen molar-refractivity contribution in [1.29, 1.82) is 0 Å². The van der Waals surface area contributed by atoms with E-state index >= 15 is 0 Å². The summed E-state index contributed by atoms with van der Waals surface area (Å²) in [5, 5.41) is 8.07. The molecule has 1 saturated carbocycles. The molecule has 1 atom stereocenters. The SMILES string of the molecule is O=C(CC1NCCN(CC2CCC2)C1=O)NCc1cccs1. The molecule has 0 radical (unpaired) electrons. The van der Waals surface area contributed by atoms with Gasteiger partial charge in [0.2, 0.25) is 11.8 Å². The zero-order valence-electron chi connectivity index (χ0n) is 12.7. The fourth-order valence-electron chi connectivity index (χ4n) is 2.98. The quantitative estimate of drug-likeness (QED) is 0.831. The van der Waals surface area contributed by atoms with Gasteiger partial charge in [-0.3, -0.25) is 9.59 Å². The number of nitrogens with one attached hydrogen (secondary N) is 2. The summed E-state index contributed by atoms with van der Waals surface area (Å²) in [7, 11) is 0. The molecule has 5 nitrogen and oxygen atoms in total. The number of thiophene rings is 1. The second-order valence-electron chi connectivity index (χ2n) is 6.15. The van der Waals surface area contributed by atoms with Crippen molar-refractivity contribution < 1.29 is 9.59 Å². The Morgan fingerprint density at radius 1 is 1.45 bits per heavy atom. The van der Waals surface area contributed by atoms with Gasteiger partial charge < -0.3 is 15.5 Å². The van der Waals surface area contributed by atoms with Crippen LogP contribution in [0.15, 0.2) is 17.5 Å². The number of carbonyl (C=O) groups is 2. The Balaban J connectivity index is 1.45. The lowest BCUT2D eigenvalue weighted by atomic mass is 9.85. The first-order valence-corrected chi connectivity index (χ1v) is 8.91. The predicted molar refractivity (Wildman–Crippen MR) is 86.5 cm³/mol. The van der Waals surface area contributed by atoms with E-state index in [1.807, 2.05) is 22.4 Å². The molecule has 2 aliphatic rings. The average Bonchev–Trinajstić information content (AvgIpc) is 2.97. The first kappa shape index (κ1) is 15.5. The number of hydrogen-bond donors (Lipinski definition) is 2. The molecule has 1 aliphatic heterocycles. The van der Waals surface area contributed by atoms with E-state index in [1.165, 1.54) is 19.3 Å². The van der Waals surface area contributed by atoms with Crippen molar-refractivity contribution in [3.05, 3.63) is 22.4 Å². The Kier molecular flexibility index (Phi) is 5.10. The molecule has 1 unspecified atom stereocenters. The average molecular weight is 321 g/mol. The van der Waals surface area contributed by atoms with Gasteiger partial charge in [0, 0.05) is 24.5 Å². The van der Waals surface area contributed by atoms with Crippen LogP contribution in [0.1, 0.15) is 30.6 Å². The van der Waals surface area contributed by atoms with Gasteiger partial charge in [-0.1, -0.05) is 12.5 Å². The van der Waals surface area contributed by atoms with Gasteiger partial charge in [0.25, 0.3) is 0 Å². The maximum absolute atomic E-state index is 12.5. The van der Waals surface area contributed by atoms with Crippen LogP contribution in [0.2, 0.25) is 0 Å². The van der Waals surface area contributed by atoms with Gasteiger partial charge in [-0.05, 0) is 30.2 Å². The highest BCUT2D eigenvalue weighted by Crippen LogP contribution is 2.27. The van der Waals surface area contributed by atoms with Gasteiger partial charge in [-0.25, -0.2) is 0 Å². The zero-order valence-corrected chi connectivity index (χ0v) is 13.5. The molecule has 2 fully saturated rings. The van der Waals surface area contributed by atoms with Crippen molar-refractivity contribution in [1.82, 2.24) is 15.5 Å². The topological polar surface area (TPSA) is 61.4 Å². The van der Waals surface area contributed by atoms with Crippen molar-refractivity contribution in [3.8, 4) is 0 Å². The molecule has 0 spiro atoms. The Labute approximate surface area is 135 Å². The number of nitrogens with zero attached hydrogens (tertiary/aromatic N) is 1. The van der Waals surface area contributed by atoms with E-state index in [1.54, 1.807) is 11.3 Å². The Morgan fingerprint density at radius 3 is 3.00 bits per heavy atom. The number of hydrogen-bond acceptors (Lipinski definition) is 4. The van der Waals surface area contributed by atoms with Crippen LogP contribution in [0.5, 0.6) is 0 Å². The highest BCUT2D eigenvalue weighted by atomic mass is 32.1. The standard InChI is InChI=1S/C16H23N3O2S/c20-15(18-10-13-5-2-8-22-13)9-14-16(21)19(7-6-17-14)11-12-3-1-4-12/h2,5,8,12,14,17H,1,3-4,6-7,9-11H2,(H,18,20). The van der Waals surface area contributed by atoms with E-state index in [0.29, 0.717) is 12.5 Å². The second-order valence-corrected chi connectivity index (χ2v) is 7.18. The van der Waals surface area contributed by atoms with Gasteiger partial charge in [-0.2, -0.15) is 0 Å². The van der Waals surface area contributed by atoms with E-state index in [2.05, 4.69) is 10.6 Å². The number of carbonyl (C=O) groups excluding carboxylic acids is 2. The third kappa shape index (κ3) is 3.87. The lowest BCUT2D eigenvalue weighted by molar-refractivity contribution is -0.139. The lowest BCUT2D eigenvalue weighted by Crippen LogP contribution is -2.57.